The van der Waals surface area contributed by atoms with E-state index in [1.165, 1.54) is 19.4 Å². The molecule has 1 saturated heterocycles. The quantitative estimate of drug-likeness (QED) is 0.453. The summed E-state index contributed by atoms with van der Waals surface area (Å²) < 4.78 is 16.8. The zero-order chi connectivity index (χ0) is 21.5. The van der Waals surface area contributed by atoms with Crippen molar-refractivity contribution < 1.29 is 13.9 Å². The van der Waals surface area contributed by atoms with Crippen molar-refractivity contribution >= 4 is 5.69 Å². The van der Waals surface area contributed by atoms with Crippen LogP contribution in [0.3, 0.4) is 0 Å². The van der Waals surface area contributed by atoms with E-state index in [2.05, 4.69) is 22.1 Å². The van der Waals surface area contributed by atoms with Crippen LogP contribution in [0.1, 0.15) is 31.9 Å². The Morgan fingerprint density at radius 1 is 1.16 bits per heavy atom. The molecule has 6 heteroatoms. The van der Waals surface area contributed by atoms with Crippen molar-refractivity contribution in [2.75, 3.05) is 32.1 Å². The summed E-state index contributed by atoms with van der Waals surface area (Å²) in [6.07, 6.45) is 5.38. The van der Waals surface area contributed by atoms with Crippen molar-refractivity contribution in [2.45, 2.75) is 38.8 Å². The zero-order valence-electron chi connectivity index (χ0n) is 18.3. The summed E-state index contributed by atoms with van der Waals surface area (Å²) in [5, 5.41) is 3.34. The number of benzene rings is 2. The number of hydrogen-bond donors (Lipinski definition) is 1. The fraction of sp³-hybridized carbons (Fsp3) is 0.400. The lowest BCUT2D eigenvalue weighted by molar-refractivity contribution is 0.230. The van der Waals surface area contributed by atoms with Crippen LogP contribution in [0.25, 0.3) is 11.5 Å². The third kappa shape index (κ3) is 5.79. The molecule has 0 saturated carbocycles. The summed E-state index contributed by atoms with van der Waals surface area (Å²) in [5.74, 6) is 2.31. The van der Waals surface area contributed by atoms with E-state index >= 15 is 0 Å². The highest BCUT2D eigenvalue weighted by molar-refractivity contribution is 5.55. The van der Waals surface area contributed by atoms with Crippen LogP contribution in [-0.4, -0.2) is 42.7 Å². The normalized spacial score (nSPS) is 16.4. The second kappa shape index (κ2) is 10.4. The molecule has 1 atom stereocenters. The summed E-state index contributed by atoms with van der Waals surface area (Å²) >= 11 is 0. The molecule has 4 rings (SSSR count). The summed E-state index contributed by atoms with van der Waals surface area (Å²) in [6.45, 7) is 5.97. The average molecular weight is 422 g/mol. The maximum absolute atomic E-state index is 5.91. The molecule has 1 aliphatic heterocycles. The Bertz CT molecular complexity index is 955. The molecule has 0 spiro atoms. The predicted octanol–water partition coefficient (Wildman–Crippen LogP) is 5.22. The van der Waals surface area contributed by atoms with E-state index in [0.29, 0.717) is 12.4 Å². The lowest BCUT2D eigenvalue weighted by Gasteiger charge is -2.20. The molecule has 0 aliphatic carbocycles. The van der Waals surface area contributed by atoms with Gasteiger partial charge in [0.2, 0.25) is 5.89 Å². The Kier molecular flexibility index (Phi) is 7.10. The molecule has 164 valence electrons. The number of anilines is 1. The van der Waals surface area contributed by atoms with E-state index in [4.69, 9.17) is 13.9 Å². The van der Waals surface area contributed by atoms with Crippen LogP contribution >= 0.6 is 0 Å². The zero-order valence-corrected chi connectivity index (χ0v) is 18.3. The minimum atomic E-state index is 0.577. The van der Waals surface area contributed by atoms with Gasteiger partial charge in [-0.1, -0.05) is 6.07 Å². The largest absolute Gasteiger partial charge is 0.497 e. The molecule has 2 heterocycles. The van der Waals surface area contributed by atoms with Gasteiger partial charge >= 0.3 is 0 Å². The average Bonchev–Trinajstić information content (AvgIpc) is 3.45. The lowest BCUT2D eigenvalue weighted by atomic mass is 10.2. The summed E-state index contributed by atoms with van der Waals surface area (Å²) in [6, 6.07) is 16.5. The van der Waals surface area contributed by atoms with Gasteiger partial charge in [-0.05, 0) is 69.1 Å². The van der Waals surface area contributed by atoms with Crippen LogP contribution in [-0.2, 0) is 6.54 Å². The van der Waals surface area contributed by atoms with Crippen molar-refractivity contribution in [3.05, 3.63) is 60.5 Å². The van der Waals surface area contributed by atoms with Crippen LogP contribution in [0, 0.1) is 0 Å². The highest BCUT2D eigenvalue weighted by atomic mass is 16.5. The standard InChI is InChI=1S/C25H31N3O3/c1-19-6-4-13-28(19)14-5-15-30-23-11-9-20(10-12-23)25-27-22(18-31-25)17-26-21-7-3-8-24(16-21)29-2/h3,7-12,16,18-19,26H,4-6,13-15,17H2,1-2H3. The number of methoxy groups -OCH3 is 1. The molecule has 1 aliphatic rings. The number of nitrogens with one attached hydrogen (secondary N) is 1. The lowest BCUT2D eigenvalue weighted by Crippen LogP contribution is -2.28. The molecule has 3 aromatic rings. The van der Waals surface area contributed by atoms with Crippen molar-refractivity contribution in [1.82, 2.24) is 9.88 Å². The summed E-state index contributed by atoms with van der Waals surface area (Å²) in [5.41, 5.74) is 2.75. The smallest absolute Gasteiger partial charge is 0.226 e. The Morgan fingerprint density at radius 2 is 2.03 bits per heavy atom. The Morgan fingerprint density at radius 3 is 2.81 bits per heavy atom. The minimum Gasteiger partial charge on any atom is -0.497 e. The molecule has 0 bridgehead atoms. The van der Waals surface area contributed by atoms with Gasteiger partial charge in [0.15, 0.2) is 0 Å². The highest BCUT2D eigenvalue weighted by Crippen LogP contribution is 2.23. The molecule has 31 heavy (non-hydrogen) atoms. The van der Waals surface area contributed by atoms with E-state index in [1.807, 2.05) is 48.5 Å². The van der Waals surface area contributed by atoms with Gasteiger partial charge in [-0.15, -0.1) is 0 Å². The molecule has 1 N–H and O–H groups in total. The van der Waals surface area contributed by atoms with Crippen LogP contribution < -0.4 is 14.8 Å². The monoisotopic (exact) mass is 421 g/mol. The first kappa shape index (κ1) is 21.2. The van der Waals surface area contributed by atoms with Gasteiger partial charge in [-0.25, -0.2) is 4.98 Å². The van der Waals surface area contributed by atoms with Gasteiger partial charge < -0.3 is 24.1 Å². The fourth-order valence-corrected chi connectivity index (χ4v) is 3.92. The minimum absolute atomic E-state index is 0.577. The maximum atomic E-state index is 5.91. The first-order chi connectivity index (χ1) is 15.2. The summed E-state index contributed by atoms with van der Waals surface area (Å²) in [7, 11) is 1.66. The number of aromatic nitrogens is 1. The number of nitrogens with zero attached hydrogens (tertiary/aromatic N) is 2. The molecule has 2 aromatic carbocycles. The number of hydrogen-bond acceptors (Lipinski definition) is 6. The number of likely N-dealkylation sites (tertiary alicyclic amines) is 1. The molecule has 6 nitrogen and oxygen atoms in total. The van der Waals surface area contributed by atoms with E-state index in [9.17, 15) is 0 Å². The van der Waals surface area contributed by atoms with Gasteiger partial charge in [0.05, 0.1) is 26.0 Å². The number of rotatable bonds is 10. The molecule has 1 aromatic heterocycles. The summed E-state index contributed by atoms with van der Waals surface area (Å²) in [4.78, 5) is 7.14. The predicted molar refractivity (Wildman–Crippen MR) is 123 cm³/mol. The van der Waals surface area contributed by atoms with Crippen molar-refractivity contribution in [3.63, 3.8) is 0 Å². The Hall–Kier alpha value is -2.99. The molecule has 1 unspecified atom stereocenters. The third-order valence-electron chi connectivity index (χ3n) is 5.75. The van der Waals surface area contributed by atoms with E-state index in [1.54, 1.807) is 13.4 Å². The van der Waals surface area contributed by atoms with Crippen LogP contribution in [0.2, 0.25) is 0 Å². The van der Waals surface area contributed by atoms with Crippen LogP contribution in [0.4, 0.5) is 5.69 Å². The Balaban J connectivity index is 1.24. The van der Waals surface area contributed by atoms with Gasteiger partial charge in [0, 0.05) is 29.9 Å². The molecule has 0 radical (unpaired) electrons. The maximum Gasteiger partial charge on any atom is 0.226 e. The fourth-order valence-electron chi connectivity index (χ4n) is 3.92. The van der Waals surface area contributed by atoms with Gasteiger partial charge in [0.1, 0.15) is 17.8 Å². The topological polar surface area (TPSA) is 59.8 Å². The van der Waals surface area contributed by atoms with Gasteiger partial charge in [-0.3, -0.25) is 0 Å². The van der Waals surface area contributed by atoms with E-state index in [-0.39, 0.29) is 0 Å². The highest BCUT2D eigenvalue weighted by Gasteiger charge is 2.19. The van der Waals surface area contributed by atoms with Crippen molar-refractivity contribution in [2.24, 2.45) is 0 Å². The molecule has 0 amide bonds. The van der Waals surface area contributed by atoms with Gasteiger partial charge in [-0.2, -0.15) is 0 Å². The van der Waals surface area contributed by atoms with E-state index < -0.39 is 0 Å². The second-order valence-corrected chi connectivity index (χ2v) is 7.98. The third-order valence-corrected chi connectivity index (χ3v) is 5.75. The van der Waals surface area contributed by atoms with Crippen LogP contribution in [0.15, 0.2) is 59.2 Å². The molecule has 1 fully saturated rings. The number of oxazole rings is 1. The number of ether oxygens (including phenoxy) is 2. The molecular weight excluding hydrogens is 390 g/mol. The first-order valence-electron chi connectivity index (χ1n) is 11.0. The van der Waals surface area contributed by atoms with Crippen LogP contribution in [0.5, 0.6) is 11.5 Å². The van der Waals surface area contributed by atoms with Crippen molar-refractivity contribution in [1.29, 1.82) is 0 Å². The van der Waals surface area contributed by atoms with E-state index in [0.717, 1.165) is 54.1 Å². The molecular formula is C25H31N3O3. The first-order valence-corrected chi connectivity index (χ1v) is 11.0. The Labute approximate surface area is 184 Å². The van der Waals surface area contributed by atoms with Crippen molar-refractivity contribution in [3.8, 4) is 23.0 Å². The van der Waals surface area contributed by atoms with Gasteiger partial charge in [0.25, 0.3) is 0 Å². The second-order valence-electron chi connectivity index (χ2n) is 7.98. The SMILES string of the molecule is COc1cccc(NCc2coc(-c3ccc(OCCCN4CCCC4C)cc3)n2)c1.